The maximum atomic E-state index is 5.13. The van der Waals surface area contributed by atoms with Crippen molar-refractivity contribution < 1.29 is 4.42 Å². The maximum absolute atomic E-state index is 5.13. The largest absolute Gasteiger partial charge is 0.472 e. The Kier molecular flexibility index (Phi) is 3.30. The van der Waals surface area contributed by atoms with Crippen molar-refractivity contribution in [1.29, 1.82) is 0 Å². The summed E-state index contributed by atoms with van der Waals surface area (Å²) >= 11 is 0. The van der Waals surface area contributed by atoms with Crippen molar-refractivity contribution >= 4 is 22.5 Å². The number of nitrogens with one attached hydrogen (secondary N) is 2. The normalized spacial score (nSPS) is 11.5. The first-order valence-electron chi connectivity index (χ1n) is 7.68. The topological polar surface area (TPSA) is 97.4 Å². The van der Waals surface area contributed by atoms with Crippen LogP contribution in [0.1, 0.15) is 25.6 Å². The van der Waals surface area contributed by atoms with Gasteiger partial charge in [0.15, 0.2) is 11.6 Å². The number of nitrogens with zero attached hydrogens (tertiary/aromatic N) is 5. The molecule has 8 heteroatoms. The molecule has 8 nitrogen and oxygen atoms in total. The zero-order chi connectivity index (χ0) is 16.7. The average molecular weight is 323 g/mol. The van der Waals surface area contributed by atoms with Crippen LogP contribution in [0.5, 0.6) is 0 Å². The number of anilines is 2. The molecule has 4 heterocycles. The third kappa shape index (κ3) is 2.32. The van der Waals surface area contributed by atoms with Crippen molar-refractivity contribution in [3.63, 3.8) is 0 Å². The standard InChI is InChI=1S/C16H17N7O/c1-9(2)23-10(3)12(7-18-23)19-16-14-13(6-17-22-14)20-15(21-16)11-4-5-24-8-11/h4-9H,1-3H3,(H,17,22)(H,19,20,21). The summed E-state index contributed by atoms with van der Waals surface area (Å²) in [6.07, 6.45) is 6.70. The number of hydrogen-bond donors (Lipinski definition) is 2. The van der Waals surface area contributed by atoms with E-state index in [1.807, 2.05) is 17.7 Å². The summed E-state index contributed by atoms with van der Waals surface area (Å²) in [5.74, 6) is 1.23. The molecule has 0 aliphatic rings. The van der Waals surface area contributed by atoms with Crippen LogP contribution in [0.3, 0.4) is 0 Å². The molecule has 0 amide bonds. The minimum Gasteiger partial charge on any atom is -0.472 e. The van der Waals surface area contributed by atoms with E-state index >= 15 is 0 Å². The minimum absolute atomic E-state index is 0.291. The Morgan fingerprint density at radius 2 is 2.12 bits per heavy atom. The van der Waals surface area contributed by atoms with E-state index in [2.05, 4.69) is 44.4 Å². The van der Waals surface area contributed by atoms with E-state index in [4.69, 9.17) is 4.42 Å². The molecule has 0 radical (unpaired) electrons. The summed E-state index contributed by atoms with van der Waals surface area (Å²) in [4.78, 5) is 9.13. The second kappa shape index (κ2) is 5.48. The molecule has 0 saturated heterocycles. The lowest BCUT2D eigenvalue weighted by Crippen LogP contribution is -2.05. The maximum Gasteiger partial charge on any atom is 0.165 e. The van der Waals surface area contributed by atoms with Crippen LogP contribution in [0.15, 0.2) is 35.4 Å². The first kappa shape index (κ1) is 14.4. The molecule has 4 aromatic rings. The fourth-order valence-corrected chi connectivity index (χ4v) is 2.65. The summed E-state index contributed by atoms with van der Waals surface area (Å²) in [5, 5.41) is 14.8. The van der Waals surface area contributed by atoms with Crippen LogP contribution < -0.4 is 5.32 Å². The summed E-state index contributed by atoms with van der Waals surface area (Å²) in [6.45, 7) is 6.22. The summed E-state index contributed by atoms with van der Waals surface area (Å²) in [6, 6.07) is 2.12. The van der Waals surface area contributed by atoms with Gasteiger partial charge >= 0.3 is 0 Å². The highest BCUT2D eigenvalue weighted by Crippen LogP contribution is 2.27. The molecule has 0 aromatic carbocycles. The van der Waals surface area contributed by atoms with Crippen molar-refractivity contribution in [3.05, 3.63) is 36.7 Å². The first-order chi connectivity index (χ1) is 11.6. The van der Waals surface area contributed by atoms with Crippen LogP contribution in [0.4, 0.5) is 11.5 Å². The Labute approximate surface area is 137 Å². The Morgan fingerprint density at radius 3 is 2.83 bits per heavy atom. The molecule has 0 spiro atoms. The second-order valence-electron chi connectivity index (χ2n) is 5.85. The minimum atomic E-state index is 0.291. The SMILES string of the molecule is Cc1c(Nc2nc(-c3ccoc3)nc3cn[nH]c23)cnn1C(C)C. The monoisotopic (exact) mass is 323 g/mol. The van der Waals surface area contributed by atoms with Gasteiger partial charge in [-0.3, -0.25) is 9.78 Å². The molecular weight excluding hydrogens is 306 g/mol. The number of hydrogen-bond acceptors (Lipinski definition) is 6. The van der Waals surface area contributed by atoms with Crippen LogP contribution >= 0.6 is 0 Å². The molecule has 0 saturated carbocycles. The molecule has 2 N–H and O–H groups in total. The van der Waals surface area contributed by atoms with Crippen LogP contribution in [0, 0.1) is 6.92 Å². The van der Waals surface area contributed by atoms with Gasteiger partial charge < -0.3 is 9.73 Å². The van der Waals surface area contributed by atoms with Gasteiger partial charge in [0.1, 0.15) is 17.3 Å². The summed E-state index contributed by atoms with van der Waals surface area (Å²) in [5.41, 5.74) is 4.24. The highest BCUT2D eigenvalue weighted by molar-refractivity contribution is 5.88. The molecular formula is C16H17N7O. The molecule has 0 fully saturated rings. The van der Waals surface area contributed by atoms with Crippen LogP contribution in [0.2, 0.25) is 0 Å². The molecule has 4 aromatic heterocycles. The predicted molar refractivity (Wildman–Crippen MR) is 90.0 cm³/mol. The van der Waals surface area contributed by atoms with E-state index in [1.165, 1.54) is 0 Å². The number of aromatic amines is 1. The van der Waals surface area contributed by atoms with Gasteiger partial charge in [-0.2, -0.15) is 10.2 Å². The zero-order valence-corrected chi connectivity index (χ0v) is 13.6. The van der Waals surface area contributed by atoms with E-state index in [0.29, 0.717) is 17.7 Å². The lowest BCUT2D eigenvalue weighted by Gasteiger charge is -2.10. The van der Waals surface area contributed by atoms with Gasteiger partial charge in [0, 0.05) is 6.04 Å². The van der Waals surface area contributed by atoms with Gasteiger partial charge in [0.05, 0.1) is 35.6 Å². The zero-order valence-electron chi connectivity index (χ0n) is 13.6. The number of H-pyrrole nitrogens is 1. The van der Waals surface area contributed by atoms with Gasteiger partial charge in [-0.25, -0.2) is 9.97 Å². The van der Waals surface area contributed by atoms with E-state index in [1.54, 1.807) is 24.9 Å². The highest BCUT2D eigenvalue weighted by Gasteiger charge is 2.15. The fourth-order valence-electron chi connectivity index (χ4n) is 2.65. The van der Waals surface area contributed by atoms with Crippen LogP contribution in [0.25, 0.3) is 22.4 Å². The second-order valence-corrected chi connectivity index (χ2v) is 5.85. The lowest BCUT2D eigenvalue weighted by molar-refractivity contribution is 0.519. The molecule has 0 bridgehead atoms. The Bertz CT molecular complexity index is 981. The van der Waals surface area contributed by atoms with Crippen molar-refractivity contribution in [1.82, 2.24) is 29.9 Å². The molecule has 24 heavy (non-hydrogen) atoms. The van der Waals surface area contributed by atoms with Gasteiger partial charge in [-0.1, -0.05) is 0 Å². The van der Waals surface area contributed by atoms with E-state index < -0.39 is 0 Å². The Morgan fingerprint density at radius 1 is 1.25 bits per heavy atom. The first-order valence-corrected chi connectivity index (χ1v) is 7.68. The quantitative estimate of drug-likeness (QED) is 0.597. The molecule has 122 valence electrons. The van der Waals surface area contributed by atoms with Gasteiger partial charge in [-0.05, 0) is 26.8 Å². The fraction of sp³-hybridized carbons (Fsp3) is 0.250. The highest BCUT2D eigenvalue weighted by atomic mass is 16.3. The number of aromatic nitrogens is 6. The number of rotatable bonds is 4. The third-order valence-corrected chi connectivity index (χ3v) is 3.87. The Hall–Kier alpha value is -3.16. The molecule has 0 aliphatic carbocycles. The van der Waals surface area contributed by atoms with Crippen molar-refractivity contribution in [2.75, 3.05) is 5.32 Å². The van der Waals surface area contributed by atoms with Crippen LogP contribution in [-0.2, 0) is 0 Å². The van der Waals surface area contributed by atoms with Crippen molar-refractivity contribution in [3.8, 4) is 11.4 Å². The molecule has 0 aliphatic heterocycles. The van der Waals surface area contributed by atoms with E-state index in [9.17, 15) is 0 Å². The van der Waals surface area contributed by atoms with Gasteiger partial charge in [0.25, 0.3) is 0 Å². The van der Waals surface area contributed by atoms with Gasteiger partial charge in [-0.15, -0.1) is 0 Å². The van der Waals surface area contributed by atoms with E-state index in [0.717, 1.165) is 28.0 Å². The third-order valence-electron chi connectivity index (χ3n) is 3.87. The molecule has 4 rings (SSSR count). The Balaban J connectivity index is 1.80. The predicted octanol–water partition coefficient (Wildman–Crippen LogP) is 3.44. The van der Waals surface area contributed by atoms with Crippen molar-refractivity contribution in [2.24, 2.45) is 0 Å². The molecule has 0 atom stereocenters. The number of furan rings is 1. The summed E-state index contributed by atoms with van der Waals surface area (Å²) in [7, 11) is 0. The van der Waals surface area contributed by atoms with Crippen molar-refractivity contribution in [2.45, 2.75) is 26.8 Å². The average Bonchev–Trinajstić information content (AvgIpc) is 3.28. The van der Waals surface area contributed by atoms with Crippen LogP contribution in [-0.4, -0.2) is 29.9 Å². The summed E-state index contributed by atoms with van der Waals surface area (Å²) < 4.78 is 7.10. The number of fused-ring (bicyclic) bond motifs is 1. The molecule has 0 unspecified atom stereocenters. The smallest absolute Gasteiger partial charge is 0.165 e. The lowest BCUT2D eigenvalue weighted by atomic mass is 10.3. The van der Waals surface area contributed by atoms with E-state index in [-0.39, 0.29) is 0 Å². The van der Waals surface area contributed by atoms with Gasteiger partial charge in [0.2, 0.25) is 0 Å².